The average molecular weight is 559 g/mol. The molecule has 2 heterocycles. The van der Waals surface area contributed by atoms with Crippen molar-refractivity contribution in [2.24, 2.45) is 5.73 Å². The Balaban J connectivity index is 1.83. The van der Waals surface area contributed by atoms with E-state index >= 15 is 0 Å². The monoisotopic (exact) mass is 558 g/mol. The van der Waals surface area contributed by atoms with Gasteiger partial charge in [-0.15, -0.1) is 0 Å². The smallest absolute Gasteiger partial charge is 0.326 e. The number of amides is 4. The first-order valence-electron chi connectivity index (χ1n) is 13.0. The molecule has 1 aromatic carbocycles. The number of nitrogens with two attached hydrogens (primary N) is 1. The van der Waals surface area contributed by atoms with Crippen LogP contribution in [0.5, 0.6) is 0 Å². The fourth-order valence-corrected chi connectivity index (χ4v) is 4.54. The fraction of sp³-hybridized carbons (Fsp3) is 0.462. The molecular formula is C26H34N6O8. The maximum atomic E-state index is 13.4. The molecule has 2 aromatic rings. The Morgan fingerprint density at radius 2 is 1.60 bits per heavy atom. The van der Waals surface area contributed by atoms with Crippen molar-refractivity contribution in [3.05, 3.63) is 36.0 Å². The highest BCUT2D eigenvalue weighted by Gasteiger charge is 2.32. The largest absolute Gasteiger partial charge is 0.481 e. The highest BCUT2D eigenvalue weighted by molar-refractivity contribution is 5.95. The number of aromatic nitrogens is 1. The fourth-order valence-electron chi connectivity index (χ4n) is 4.54. The molecule has 0 saturated carbocycles. The van der Waals surface area contributed by atoms with Crippen LogP contribution in [0.3, 0.4) is 0 Å². The highest BCUT2D eigenvalue weighted by Crippen LogP contribution is 2.19. The molecule has 0 bridgehead atoms. The van der Waals surface area contributed by atoms with Gasteiger partial charge in [-0.2, -0.15) is 0 Å². The number of carbonyl (C=O) groups is 6. The minimum absolute atomic E-state index is 0.0481. The summed E-state index contributed by atoms with van der Waals surface area (Å²) in [5.74, 6) is -5.38. The van der Waals surface area contributed by atoms with Gasteiger partial charge in [0.05, 0.1) is 6.04 Å². The molecule has 1 fully saturated rings. The Bertz CT molecular complexity index is 1250. The van der Waals surface area contributed by atoms with Gasteiger partial charge in [-0.25, -0.2) is 4.79 Å². The van der Waals surface area contributed by atoms with E-state index in [-0.39, 0.29) is 25.7 Å². The van der Waals surface area contributed by atoms with Gasteiger partial charge in [-0.05, 0) is 43.9 Å². The Morgan fingerprint density at radius 1 is 0.925 bits per heavy atom. The van der Waals surface area contributed by atoms with Gasteiger partial charge in [0.1, 0.15) is 18.1 Å². The van der Waals surface area contributed by atoms with Gasteiger partial charge >= 0.3 is 11.9 Å². The molecule has 0 radical (unpaired) electrons. The van der Waals surface area contributed by atoms with Crippen molar-refractivity contribution in [1.29, 1.82) is 0 Å². The lowest BCUT2D eigenvalue weighted by molar-refractivity contribution is -0.143. The molecular weight excluding hydrogens is 524 g/mol. The van der Waals surface area contributed by atoms with E-state index in [0.29, 0.717) is 18.5 Å². The zero-order chi connectivity index (χ0) is 29.2. The number of fused-ring (bicyclic) bond motifs is 1. The molecule has 4 amide bonds. The second-order valence-electron chi connectivity index (χ2n) is 9.67. The van der Waals surface area contributed by atoms with Crippen molar-refractivity contribution in [3.63, 3.8) is 0 Å². The highest BCUT2D eigenvalue weighted by atomic mass is 16.4. The van der Waals surface area contributed by atoms with Crippen LogP contribution in [0, 0.1) is 0 Å². The number of aromatic amines is 1. The summed E-state index contributed by atoms with van der Waals surface area (Å²) in [6.07, 6.45) is 1.80. The third-order valence-electron chi connectivity index (χ3n) is 6.68. The summed E-state index contributed by atoms with van der Waals surface area (Å²) >= 11 is 0. The summed E-state index contributed by atoms with van der Waals surface area (Å²) in [5.41, 5.74) is 6.69. The summed E-state index contributed by atoms with van der Waals surface area (Å²) < 4.78 is 0. The third-order valence-corrected chi connectivity index (χ3v) is 6.68. The average Bonchev–Trinajstić information content (AvgIpc) is 3.58. The molecule has 9 N–H and O–H groups in total. The zero-order valence-corrected chi connectivity index (χ0v) is 21.8. The van der Waals surface area contributed by atoms with Gasteiger partial charge in [0, 0.05) is 36.4 Å². The molecule has 0 aliphatic carbocycles. The van der Waals surface area contributed by atoms with Crippen LogP contribution in [-0.2, 0) is 35.2 Å². The maximum absolute atomic E-state index is 13.4. The van der Waals surface area contributed by atoms with E-state index in [1.807, 2.05) is 18.2 Å². The number of carbonyl (C=O) groups excluding carboxylic acids is 4. The number of primary amides is 1. The first-order valence-corrected chi connectivity index (χ1v) is 13.0. The minimum atomic E-state index is -1.51. The van der Waals surface area contributed by atoms with Crippen LogP contribution in [0.25, 0.3) is 10.9 Å². The van der Waals surface area contributed by atoms with Gasteiger partial charge < -0.3 is 42.2 Å². The number of H-pyrrole nitrogens is 1. The number of carboxylic acids is 2. The van der Waals surface area contributed by atoms with E-state index in [4.69, 9.17) is 10.8 Å². The summed E-state index contributed by atoms with van der Waals surface area (Å²) in [5, 5.41) is 29.8. The first kappa shape index (κ1) is 30.1. The Kier molecular flexibility index (Phi) is 10.6. The molecule has 4 unspecified atom stereocenters. The number of nitrogens with one attached hydrogen (secondary N) is 5. The second-order valence-corrected chi connectivity index (χ2v) is 9.67. The van der Waals surface area contributed by atoms with E-state index < -0.39 is 66.2 Å². The van der Waals surface area contributed by atoms with Crippen LogP contribution in [0.1, 0.15) is 44.1 Å². The third kappa shape index (κ3) is 8.53. The van der Waals surface area contributed by atoms with Crippen molar-refractivity contribution >= 4 is 46.5 Å². The Labute approximate surface area is 229 Å². The lowest BCUT2D eigenvalue weighted by Crippen LogP contribution is -2.57. The molecule has 216 valence electrons. The van der Waals surface area contributed by atoms with Crippen molar-refractivity contribution in [1.82, 2.24) is 26.3 Å². The molecule has 4 atom stereocenters. The number of aliphatic carboxylic acids is 2. The first-order chi connectivity index (χ1) is 19.0. The van der Waals surface area contributed by atoms with E-state index in [2.05, 4.69) is 26.3 Å². The van der Waals surface area contributed by atoms with E-state index in [1.165, 1.54) is 0 Å². The maximum Gasteiger partial charge on any atom is 0.326 e. The molecule has 1 aliphatic heterocycles. The molecule has 0 spiro atoms. The zero-order valence-electron chi connectivity index (χ0n) is 21.8. The van der Waals surface area contributed by atoms with Gasteiger partial charge in [0.15, 0.2) is 0 Å². The predicted molar refractivity (Wildman–Crippen MR) is 142 cm³/mol. The SMILES string of the molecule is NC(=O)CCC(NC(=O)C1CCCN1)C(=O)NC(Cc1c[nH]c2ccccc12)C(=O)NC(CCC(=O)O)C(=O)O. The normalized spacial score (nSPS) is 16.9. The standard InChI is InChI=1S/C26H34N6O8/c27-21(33)9-7-18(30-23(36)17-6-3-11-28-17)24(37)32-20(12-14-13-29-16-5-2-1-4-15(14)16)25(38)31-19(26(39)40)8-10-22(34)35/h1-2,4-5,13,17-20,28-29H,3,6-12H2,(H2,27,33)(H,30,36)(H,31,38)(H,32,37)(H,34,35)(H,39,40). The Hall–Kier alpha value is -4.46. The lowest BCUT2D eigenvalue weighted by atomic mass is 10.0. The molecule has 14 heteroatoms. The molecule has 1 aromatic heterocycles. The van der Waals surface area contributed by atoms with Gasteiger partial charge in [0.2, 0.25) is 23.6 Å². The molecule has 40 heavy (non-hydrogen) atoms. The summed E-state index contributed by atoms with van der Waals surface area (Å²) in [6.45, 7) is 0.649. The quantitative estimate of drug-likeness (QED) is 0.135. The number of benzene rings is 1. The molecule has 1 aliphatic rings. The van der Waals surface area contributed by atoms with E-state index in [1.54, 1.807) is 12.3 Å². The summed E-state index contributed by atoms with van der Waals surface area (Å²) in [6, 6.07) is 2.76. The number of hydrogen-bond acceptors (Lipinski definition) is 7. The van der Waals surface area contributed by atoms with Crippen LogP contribution < -0.4 is 27.0 Å². The van der Waals surface area contributed by atoms with Crippen LogP contribution >= 0.6 is 0 Å². The van der Waals surface area contributed by atoms with Crippen molar-refractivity contribution < 1.29 is 39.0 Å². The number of carboxylic acid groups (broad SMARTS) is 2. The van der Waals surface area contributed by atoms with E-state index in [9.17, 15) is 33.9 Å². The van der Waals surface area contributed by atoms with Crippen LogP contribution in [0.15, 0.2) is 30.5 Å². The molecule has 14 nitrogen and oxygen atoms in total. The van der Waals surface area contributed by atoms with Crippen LogP contribution in [0.4, 0.5) is 0 Å². The second kappa shape index (κ2) is 14.1. The predicted octanol–water partition coefficient (Wildman–Crippen LogP) is -0.868. The number of hydrogen-bond donors (Lipinski definition) is 8. The summed E-state index contributed by atoms with van der Waals surface area (Å²) in [4.78, 5) is 76.5. The van der Waals surface area contributed by atoms with Gasteiger partial charge in [0.25, 0.3) is 0 Å². The van der Waals surface area contributed by atoms with E-state index in [0.717, 1.165) is 17.3 Å². The Morgan fingerprint density at radius 3 is 2.25 bits per heavy atom. The number of rotatable bonds is 15. The van der Waals surface area contributed by atoms with Crippen molar-refractivity contribution in [2.75, 3.05) is 6.54 Å². The molecule has 1 saturated heterocycles. The number of para-hydroxylation sites is 1. The van der Waals surface area contributed by atoms with Crippen LogP contribution in [-0.4, -0.2) is 81.5 Å². The molecule has 3 rings (SSSR count). The topological polar surface area (TPSA) is 233 Å². The van der Waals surface area contributed by atoms with Crippen molar-refractivity contribution in [3.8, 4) is 0 Å². The van der Waals surface area contributed by atoms with Crippen LogP contribution in [0.2, 0.25) is 0 Å². The van der Waals surface area contributed by atoms with Crippen molar-refractivity contribution in [2.45, 2.75) is 69.1 Å². The minimum Gasteiger partial charge on any atom is -0.481 e. The lowest BCUT2D eigenvalue weighted by Gasteiger charge is -2.25. The summed E-state index contributed by atoms with van der Waals surface area (Å²) in [7, 11) is 0. The van der Waals surface area contributed by atoms with Gasteiger partial charge in [-0.3, -0.25) is 24.0 Å². The van der Waals surface area contributed by atoms with Gasteiger partial charge in [-0.1, -0.05) is 18.2 Å².